The minimum atomic E-state index is 0.403. The van der Waals surface area contributed by atoms with Gasteiger partial charge in [-0.05, 0) is 12.1 Å². The van der Waals surface area contributed by atoms with E-state index in [2.05, 4.69) is 11.1 Å². The molecule has 0 spiro atoms. The molecular formula is C11H10N4. The maximum absolute atomic E-state index is 8.97. The summed E-state index contributed by atoms with van der Waals surface area (Å²) in [7, 11) is 0. The topological polar surface area (TPSA) is 67.6 Å². The molecule has 0 atom stereocenters. The molecule has 0 bridgehead atoms. The first-order chi connectivity index (χ1) is 7.36. The molecule has 0 unspecified atom stereocenters. The SMILES string of the molecule is N#Cc1ccccc1-n1cncc1CN. The summed E-state index contributed by atoms with van der Waals surface area (Å²) in [5, 5.41) is 8.97. The number of hydrogen-bond donors (Lipinski definition) is 1. The van der Waals surface area contributed by atoms with Crippen LogP contribution in [0.15, 0.2) is 36.8 Å². The van der Waals surface area contributed by atoms with E-state index in [1.54, 1.807) is 18.6 Å². The first-order valence-electron chi connectivity index (χ1n) is 4.57. The van der Waals surface area contributed by atoms with E-state index in [1.807, 2.05) is 22.8 Å². The van der Waals surface area contributed by atoms with Gasteiger partial charge in [-0.1, -0.05) is 12.1 Å². The Kier molecular flexibility index (Phi) is 2.48. The fourth-order valence-corrected chi connectivity index (χ4v) is 1.47. The molecule has 2 N–H and O–H groups in total. The van der Waals surface area contributed by atoms with Crippen molar-refractivity contribution < 1.29 is 0 Å². The van der Waals surface area contributed by atoms with Crippen LogP contribution in [0.25, 0.3) is 5.69 Å². The smallest absolute Gasteiger partial charge is 0.101 e. The molecule has 0 radical (unpaired) electrons. The van der Waals surface area contributed by atoms with Gasteiger partial charge in [-0.25, -0.2) is 4.98 Å². The standard InChI is InChI=1S/C11H10N4/c12-5-9-3-1-2-4-11(9)15-8-14-7-10(15)6-13/h1-4,7-8H,6,13H2. The van der Waals surface area contributed by atoms with E-state index < -0.39 is 0 Å². The van der Waals surface area contributed by atoms with Gasteiger partial charge in [0.15, 0.2) is 0 Å². The van der Waals surface area contributed by atoms with Crippen molar-refractivity contribution in [1.82, 2.24) is 9.55 Å². The highest BCUT2D eigenvalue weighted by atomic mass is 15.1. The third-order valence-corrected chi connectivity index (χ3v) is 2.21. The molecule has 0 aliphatic carbocycles. The maximum Gasteiger partial charge on any atom is 0.101 e. The van der Waals surface area contributed by atoms with Gasteiger partial charge < -0.3 is 10.3 Å². The Hall–Kier alpha value is -2.12. The number of nitrogens with zero attached hydrogens (tertiary/aromatic N) is 3. The van der Waals surface area contributed by atoms with Crippen molar-refractivity contribution in [2.45, 2.75) is 6.54 Å². The zero-order chi connectivity index (χ0) is 10.7. The number of aromatic nitrogens is 2. The largest absolute Gasteiger partial charge is 0.325 e. The van der Waals surface area contributed by atoms with Crippen molar-refractivity contribution >= 4 is 0 Å². The van der Waals surface area contributed by atoms with Crippen molar-refractivity contribution in [2.75, 3.05) is 0 Å². The molecule has 0 saturated heterocycles. The Morgan fingerprint density at radius 2 is 2.20 bits per heavy atom. The first-order valence-corrected chi connectivity index (χ1v) is 4.57. The number of benzene rings is 1. The summed E-state index contributed by atoms with van der Waals surface area (Å²) < 4.78 is 1.83. The lowest BCUT2D eigenvalue weighted by atomic mass is 10.2. The molecule has 0 fully saturated rings. The van der Waals surface area contributed by atoms with Gasteiger partial charge in [-0.3, -0.25) is 0 Å². The van der Waals surface area contributed by atoms with Gasteiger partial charge in [-0.15, -0.1) is 0 Å². The number of para-hydroxylation sites is 1. The summed E-state index contributed by atoms with van der Waals surface area (Å²) in [6.07, 6.45) is 3.37. The molecule has 2 aromatic rings. The van der Waals surface area contributed by atoms with E-state index in [4.69, 9.17) is 11.0 Å². The highest BCUT2D eigenvalue weighted by molar-refractivity contribution is 5.49. The predicted molar refractivity (Wildman–Crippen MR) is 56.2 cm³/mol. The third-order valence-electron chi connectivity index (χ3n) is 2.21. The van der Waals surface area contributed by atoms with Crippen molar-refractivity contribution in [3.63, 3.8) is 0 Å². The van der Waals surface area contributed by atoms with Crippen LogP contribution in [0, 0.1) is 11.3 Å². The highest BCUT2D eigenvalue weighted by Crippen LogP contribution is 2.15. The molecule has 15 heavy (non-hydrogen) atoms. The number of hydrogen-bond acceptors (Lipinski definition) is 3. The Morgan fingerprint density at radius 1 is 1.40 bits per heavy atom. The van der Waals surface area contributed by atoms with Crippen LogP contribution in [0.2, 0.25) is 0 Å². The van der Waals surface area contributed by atoms with Crippen LogP contribution in [0.3, 0.4) is 0 Å². The second kappa shape index (κ2) is 3.95. The Balaban J connectivity index is 2.59. The molecule has 4 nitrogen and oxygen atoms in total. The molecular weight excluding hydrogens is 188 g/mol. The molecule has 2 rings (SSSR count). The van der Waals surface area contributed by atoms with Crippen LogP contribution in [0.1, 0.15) is 11.3 Å². The van der Waals surface area contributed by atoms with E-state index in [1.165, 1.54) is 0 Å². The summed E-state index contributed by atoms with van der Waals surface area (Å²) in [4.78, 5) is 4.02. The van der Waals surface area contributed by atoms with E-state index in [0.717, 1.165) is 11.4 Å². The van der Waals surface area contributed by atoms with Crippen molar-refractivity contribution in [1.29, 1.82) is 5.26 Å². The van der Waals surface area contributed by atoms with E-state index in [-0.39, 0.29) is 0 Å². The van der Waals surface area contributed by atoms with Crippen LogP contribution >= 0.6 is 0 Å². The van der Waals surface area contributed by atoms with Crippen LogP contribution in [-0.2, 0) is 6.54 Å². The second-order valence-corrected chi connectivity index (χ2v) is 3.09. The number of nitriles is 1. The summed E-state index contributed by atoms with van der Waals surface area (Å²) >= 11 is 0. The molecule has 1 aromatic carbocycles. The molecule has 0 aliphatic rings. The molecule has 74 valence electrons. The van der Waals surface area contributed by atoms with Gasteiger partial charge in [0.1, 0.15) is 6.07 Å². The second-order valence-electron chi connectivity index (χ2n) is 3.09. The molecule has 0 aliphatic heterocycles. The van der Waals surface area contributed by atoms with Gasteiger partial charge in [0.2, 0.25) is 0 Å². The lowest BCUT2D eigenvalue weighted by Crippen LogP contribution is -2.05. The highest BCUT2D eigenvalue weighted by Gasteiger charge is 2.06. The van der Waals surface area contributed by atoms with Gasteiger partial charge in [0, 0.05) is 12.7 Å². The lowest BCUT2D eigenvalue weighted by molar-refractivity contribution is 0.908. The monoisotopic (exact) mass is 198 g/mol. The Labute approximate surface area is 87.6 Å². The normalized spacial score (nSPS) is 9.87. The fraction of sp³-hybridized carbons (Fsp3) is 0.0909. The Morgan fingerprint density at radius 3 is 2.93 bits per heavy atom. The average molecular weight is 198 g/mol. The van der Waals surface area contributed by atoms with E-state index in [9.17, 15) is 0 Å². The zero-order valence-corrected chi connectivity index (χ0v) is 8.09. The van der Waals surface area contributed by atoms with Gasteiger partial charge in [0.25, 0.3) is 0 Å². The van der Waals surface area contributed by atoms with Crippen LogP contribution < -0.4 is 5.73 Å². The fourth-order valence-electron chi connectivity index (χ4n) is 1.47. The van der Waals surface area contributed by atoms with Gasteiger partial charge in [-0.2, -0.15) is 5.26 Å². The number of nitrogens with two attached hydrogens (primary N) is 1. The van der Waals surface area contributed by atoms with E-state index in [0.29, 0.717) is 12.1 Å². The van der Waals surface area contributed by atoms with Crippen LogP contribution in [0.4, 0.5) is 0 Å². The van der Waals surface area contributed by atoms with Gasteiger partial charge >= 0.3 is 0 Å². The summed E-state index contributed by atoms with van der Waals surface area (Å²) in [6.45, 7) is 0.403. The quantitative estimate of drug-likeness (QED) is 0.788. The maximum atomic E-state index is 8.97. The first kappa shape index (κ1) is 9.44. The summed E-state index contributed by atoms with van der Waals surface area (Å²) in [5.74, 6) is 0. The van der Waals surface area contributed by atoms with Crippen molar-refractivity contribution in [3.8, 4) is 11.8 Å². The molecule has 1 aromatic heterocycles. The minimum absolute atomic E-state index is 0.403. The summed E-state index contributed by atoms with van der Waals surface area (Å²) in [6, 6.07) is 9.51. The molecule has 0 amide bonds. The molecule has 1 heterocycles. The third kappa shape index (κ3) is 1.60. The Bertz CT molecular complexity index is 507. The van der Waals surface area contributed by atoms with Crippen LogP contribution in [-0.4, -0.2) is 9.55 Å². The predicted octanol–water partition coefficient (Wildman–Crippen LogP) is 1.20. The lowest BCUT2D eigenvalue weighted by Gasteiger charge is -2.07. The molecule has 0 saturated carbocycles. The van der Waals surface area contributed by atoms with Gasteiger partial charge in [0.05, 0.1) is 23.3 Å². The summed E-state index contributed by atoms with van der Waals surface area (Å²) in [5.41, 5.74) is 7.90. The number of imidazole rings is 1. The zero-order valence-electron chi connectivity index (χ0n) is 8.09. The number of rotatable bonds is 2. The average Bonchev–Trinajstić information content (AvgIpc) is 2.76. The molecule has 4 heteroatoms. The van der Waals surface area contributed by atoms with Crippen LogP contribution in [0.5, 0.6) is 0 Å². The van der Waals surface area contributed by atoms with Crippen molar-refractivity contribution in [3.05, 3.63) is 48.0 Å². The van der Waals surface area contributed by atoms with E-state index >= 15 is 0 Å². The van der Waals surface area contributed by atoms with Crippen molar-refractivity contribution in [2.24, 2.45) is 5.73 Å². The minimum Gasteiger partial charge on any atom is -0.325 e.